The first-order chi connectivity index (χ1) is 15.4. The maximum Gasteiger partial charge on any atom is 0.283 e. The van der Waals surface area contributed by atoms with Crippen LogP contribution in [0.15, 0.2) is 82.2 Å². The van der Waals surface area contributed by atoms with Crippen molar-refractivity contribution in [2.45, 2.75) is 25.7 Å². The van der Waals surface area contributed by atoms with E-state index in [2.05, 4.69) is 5.32 Å². The topological polar surface area (TPSA) is 58.6 Å². The molecule has 0 atom stereocenters. The second-order valence-corrected chi connectivity index (χ2v) is 8.79. The highest BCUT2D eigenvalue weighted by Crippen LogP contribution is 2.39. The number of hydrogen-bond acceptors (Lipinski definition) is 5. The fourth-order valence-electron chi connectivity index (χ4n) is 3.44. The number of carbonyl (C=O) groups is 2. The van der Waals surface area contributed by atoms with E-state index in [4.69, 9.17) is 4.74 Å². The van der Waals surface area contributed by atoms with Crippen LogP contribution in [-0.4, -0.2) is 18.9 Å². The second-order valence-electron chi connectivity index (χ2n) is 7.71. The van der Waals surface area contributed by atoms with E-state index in [1.165, 1.54) is 16.7 Å². The van der Waals surface area contributed by atoms with Crippen molar-refractivity contribution in [3.05, 3.63) is 94.0 Å². The highest BCUT2D eigenvalue weighted by molar-refractivity contribution is 8.04. The number of ether oxygens (including phenoxy) is 1. The monoisotopic (exact) mass is 444 g/mol. The van der Waals surface area contributed by atoms with Crippen molar-refractivity contribution in [3.8, 4) is 5.75 Å². The molecule has 32 heavy (non-hydrogen) atoms. The van der Waals surface area contributed by atoms with Crippen molar-refractivity contribution in [2.24, 2.45) is 0 Å². The van der Waals surface area contributed by atoms with Crippen LogP contribution < -0.4 is 15.0 Å². The lowest BCUT2D eigenvalue weighted by molar-refractivity contribution is -0.120. The molecule has 3 aromatic rings. The van der Waals surface area contributed by atoms with Gasteiger partial charge in [0.1, 0.15) is 16.4 Å². The van der Waals surface area contributed by atoms with E-state index in [1.807, 2.05) is 75.4 Å². The zero-order chi connectivity index (χ0) is 22.8. The predicted octanol–water partition coefficient (Wildman–Crippen LogP) is 5.61. The molecule has 1 aliphatic rings. The van der Waals surface area contributed by atoms with E-state index in [0.717, 1.165) is 21.6 Å². The molecule has 0 radical (unpaired) electrons. The number of aryl methyl sites for hydroxylation is 3. The summed E-state index contributed by atoms with van der Waals surface area (Å²) in [7, 11) is 1.60. The Balaban J connectivity index is 1.75. The van der Waals surface area contributed by atoms with Gasteiger partial charge in [0.05, 0.1) is 12.8 Å². The summed E-state index contributed by atoms with van der Waals surface area (Å²) in [5.74, 6) is 0.0176. The number of nitrogens with zero attached hydrogens (tertiary/aromatic N) is 1. The van der Waals surface area contributed by atoms with Gasteiger partial charge >= 0.3 is 0 Å². The number of hydrogen-bond donors (Lipinski definition) is 1. The zero-order valence-electron chi connectivity index (χ0n) is 18.4. The van der Waals surface area contributed by atoms with E-state index in [9.17, 15) is 9.59 Å². The van der Waals surface area contributed by atoms with Crippen LogP contribution in [0.4, 0.5) is 11.4 Å². The zero-order valence-corrected chi connectivity index (χ0v) is 19.2. The normalized spacial score (nSPS) is 13.7. The number of thioether (sulfide) groups is 1. The maximum atomic E-state index is 13.5. The lowest BCUT2D eigenvalue weighted by Gasteiger charge is -2.18. The number of carbonyl (C=O) groups excluding carboxylic acids is 2. The van der Waals surface area contributed by atoms with Crippen LogP contribution in [0.25, 0.3) is 0 Å². The average molecular weight is 445 g/mol. The van der Waals surface area contributed by atoms with E-state index < -0.39 is 0 Å². The van der Waals surface area contributed by atoms with Crippen LogP contribution in [-0.2, 0) is 9.59 Å². The fourth-order valence-corrected chi connectivity index (χ4v) is 4.36. The van der Waals surface area contributed by atoms with Crippen LogP contribution in [0.5, 0.6) is 5.75 Å². The van der Waals surface area contributed by atoms with Gasteiger partial charge in [0.2, 0.25) is 0 Å². The van der Waals surface area contributed by atoms with Crippen molar-refractivity contribution in [3.63, 3.8) is 0 Å². The molecule has 0 saturated heterocycles. The Morgan fingerprint density at radius 1 is 0.812 bits per heavy atom. The molecule has 1 aliphatic heterocycles. The second kappa shape index (κ2) is 8.93. The standard InChI is InChI=1S/C26H24N2O3S/c1-16-6-13-21(14-7-16)32-24-23(27-19-9-11-20(31-4)12-10-19)25(29)28(26(24)30)22-15-17(2)5-8-18(22)3/h5-15,27H,1-4H3. The summed E-state index contributed by atoms with van der Waals surface area (Å²) in [5.41, 5.74) is 4.55. The molecular weight excluding hydrogens is 420 g/mol. The van der Waals surface area contributed by atoms with Gasteiger partial charge in [-0.3, -0.25) is 9.59 Å². The molecule has 5 nitrogen and oxygen atoms in total. The van der Waals surface area contributed by atoms with Gasteiger partial charge in [-0.2, -0.15) is 0 Å². The van der Waals surface area contributed by atoms with Gasteiger partial charge in [0, 0.05) is 10.6 Å². The number of methoxy groups -OCH3 is 1. The molecule has 0 aliphatic carbocycles. The van der Waals surface area contributed by atoms with Crippen molar-refractivity contribution in [1.82, 2.24) is 0 Å². The largest absolute Gasteiger partial charge is 0.497 e. The number of nitrogens with one attached hydrogen (secondary N) is 1. The highest BCUT2D eigenvalue weighted by atomic mass is 32.2. The van der Waals surface area contributed by atoms with Crippen molar-refractivity contribution in [1.29, 1.82) is 0 Å². The quantitative estimate of drug-likeness (QED) is 0.501. The van der Waals surface area contributed by atoms with E-state index in [0.29, 0.717) is 22.0 Å². The van der Waals surface area contributed by atoms with Crippen LogP contribution in [0.3, 0.4) is 0 Å². The Morgan fingerprint density at radius 3 is 2.12 bits per heavy atom. The van der Waals surface area contributed by atoms with Crippen molar-refractivity contribution < 1.29 is 14.3 Å². The molecule has 0 saturated carbocycles. The molecule has 1 heterocycles. The van der Waals surface area contributed by atoms with Gasteiger partial charge in [0.25, 0.3) is 11.8 Å². The Bertz CT molecular complexity index is 1210. The third kappa shape index (κ3) is 4.27. The van der Waals surface area contributed by atoms with Gasteiger partial charge in [-0.25, -0.2) is 4.90 Å². The molecular formula is C26H24N2O3S. The molecule has 3 aromatic carbocycles. The third-order valence-electron chi connectivity index (χ3n) is 5.25. The van der Waals surface area contributed by atoms with Crippen molar-refractivity contribution >= 4 is 35.0 Å². The number of amides is 2. The molecule has 2 amide bonds. The summed E-state index contributed by atoms with van der Waals surface area (Å²) in [6.45, 7) is 5.85. The molecule has 0 fully saturated rings. The van der Waals surface area contributed by atoms with Crippen LogP contribution in [0.2, 0.25) is 0 Å². The Hall–Kier alpha value is -3.51. The summed E-state index contributed by atoms with van der Waals surface area (Å²) < 4.78 is 5.21. The van der Waals surface area contributed by atoms with Gasteiger partial charge in [0.15, 0.2) is 0 Å². The average Bonchev–Trinajstić information content (AvgIpc) is 3.01. The summed E-state index contributed by atoms with van der Waals surface area (Å²) in [5, 5.41) is 3.18. The number of benzene rings is 3. The lowest BCUT2D eigenvalue weighted by atomic mass is 10.1. The summed E-state index contributed by atoms with van der Waals surface area (Å²) in [4.78, 5) is 29.6. The van der Waals surface area contributed by atoms with Gasteiger partial charge in [-0.15, -0.1) is 0 Å². The van der Waals surface area contributed by atoms with Crippen LogP contribution in [0, 0.1) is 20.8 Å². The van der Waals surface area contributed by atoms with E-state index in [-0.39, 0.29) is 17.5 Å². The minimum absolute atomic E-state index is 0.270. The molecule has 4 rings (SSSR count). The van der Waals surface area contributed by atoms with Gasteiger partial charge in [-0.05, 0) is 74.4 Å². The minimum atomic E-state index is -0.367. The van der Waals surface area contributed by atoms with E-state index >= 15 is 0 Å². The summed E-state index contributed by atoms with van der Waals surface area (Å²) in [6.07, 6.45) is 0. The molecule has 1 N–H and O–H groups in total. The first-order valence-corrected chi connectivity index (χ1v) is 11.0. The Morgan fingerprint density at radius 2 is 1.47 bits per heavy atom. The Kier molecular flexibility index (Phi) is 6.06. The minimum Gasteiger partial charge on any atom is -0.497 e. The van der Waals surface area contributed by atoms with Gasteiger partial charge < -0.3 is 10.1 Å². The SMILES string of the molecule is COc1ccc(NC2=C(Sc3ccc(C)cc3)C(=O)N(c3cc(C)ccc3C)C2=O)cc1. The van der Waals surface area contributed by atoms with Crippen molar-refractivity contribution in [2.75, 3.05) is 17.3 Å². The highest BCUT2D eigenvalue weighted by Gasteiger charge is 2.40. The van der Waals surface area contributed by atoms with E-state index in [1.54, 1.807) is 19.2 Å². The molecule has 6 heteroatoms. The van der Waals surface area contributed by atoms with Crippen LogP contribution in [0.1, 0.15) is 16.7 Å². The number of imide groups is 1. The maximum absolute atomic E-state index is 13.5. The Labute approximate surface area is 192 Å². The predicted molar refractivity (Wildman–Crippen MR) is 129 cm³/mol. The van der Waals surface area contributed by atoms with Crippen LogP contribution >= 0.6 is 11.8 Å². The third-order valence-corrected chi connectivity index (χ3v) is 6.34. The lowest BCUT2D eigenvalue weighted by Crippen LogP contribution is -2.33. The number of anilines is 2. The fraction of sp³-hybridized carbons (Fsp3) is 0.154. The molecule has 0 aromatic heterocycles. The molecule has 0 bridgehead atoms. The first-order valence-electron chi connectivity index (χ1n) is 10.2. The summed E-state index contributed by atoms with van der Waals surface area (Å²) >= 11 is 1.30. The van der Waals surface area contributed by atoms with Gasteiger partial charge in [-0.1, -0.05) is 41.6 Å². The molecule has 0 unspecified atom stereocenters. The smallest absolute Gasteiger partial charge is 0.283 e. The number of rotatable bonds is 6. The first kappa shape index (κ1) is 21.7. The summed E-state index contributed by atoms with van der Waals surface area (Å²) in [6, 6.07) is 20.9. The molecule has 0 spiro atoms. The molecule has 162 valence electrons.